The lowest BCUT2D eigenvalue weighted by atomic mass is 10.0. The van der Waals surface area contributed by atoms with Crippen LogP contribution in [0.4, 0.5) is 13.2 Å². The van der Waals surface area contributed by atoms with Gasteiger partial charge in [-0.2, -0.15) is 18.4 Å². The molecule has 2 rings (SSSR count). The highest BCUT2D eigenvalue weighted by Crippen LogP contribution is 2.38. The van der Waals surface area contributed by atoms with Crippen molar-refractivity contribution in [2.24, 2.45) is 0 Å². The number of rotatable bonds is 5. The molecule has 0 atom stereocenters. The molecule has 0 N–H and O–H groups in total. The fourth-order valence-corrected chi connectivity index (χ4v) is 2.38. The summed E-state index contributed by atoms with van der Waals surface area (Å²) in [6.07, 6.45) is -4.05. The second kappa shape index (κ2) is 7.26. The SMILES string of the molecule is COc1ccc(CCOc2ccc(C#N)c(C(F)(F)F)c2C)cc1. The molecule has 0 unspecified atom stereocenters. The van der Waals surface area contributed by atoms with Gasteiger partial charge in [-0.3, -0.25) is 0 Å². The van der Waals surface area contributed by atoms with Crippen molar-refractivity contribution in [3.05, 3.63) is 58.7 Å². The number of nitrogens with zero attached hydrogens (tertiary/aromatic N) is 1. The summed E-state index contributed by atoms with van der Waals surface area (Å²) in [4.78, 5) is 0. The maximum atomic E-state index is 13.1. The largest absolute Gasteiger partial charge is 0.497 e. The molecule has 0 saturated heterocycles. The van der Waals surface area contributed by atoms with Crippen LogP contribution in [0.3, 0.4) is 0 Å². The van der Waals surface area contributed by atoms with Crippen LogP contribution >= 0.6 is 0 Å². The molecular formula is C18H16F3NO2. The molecule has 0 aliphatic rings. The predicted molar refractivity (Wildman–Crippen MR) is 83.1 cm³/mol. The van der Waals surface area contributed by atoms with Crippen molar-refractivity contribution in [2.45, 2.75) is 19.5 Å². The van der Waals surface area contributed by atoms with Gasteiger partial charge in [0.25, 0.3) is 0 Å². The zero-order valence-electron chi connectivity index (χ0n) is 13.3. The molecule has 0 heterocycles. The first-order valence-electron chi connectivity index (χ1n) is 7.23. The van der Waals surface area contributed by atoms with Gasteiger partial charge in [-0.1, -0.05) is 12.1 Å². The van der Waals surface area contributed by atoms with E-state index in [0.29, 0.717) is 6.42 Å². The molecule has 0 spiro atoms. The summed E-state index contributed by atoms with van der Waals surface area (Å²) in [7, 11) is 1.57. The van der Waals surface area contributed by atoms with Gasteiger partial charge in [-0.15, -0.1) is 0 Å². The molecule has 0 amide bonds. The van der Waals surface area contributed by atoms with E-state index < -0.39 is 17.3 Å². The standard InChI is InChI=1S/C18H16F3NO2/c1-12-16(8-5-14(11-22)17(12)18(19,20)21)24-10-9-13-3-6-15(23-2)7-4-13/h3-8H,9-10H2,1-2H3. The molecular weight excluding hydrogens is 319 g/mol. The minimum atomic E-state index is -4.59. The Balaban J connectivity index is 2.11. The van der Waals surface area contributed by atoms with Gasteiger partial charge >= 0.3 is 6.18 Å². The molecule has 6 heteroatoms. The third-order valence-corrected chi connectivity index (χ3v) is 3.63. The van der Waals surface area contributed by atoms with E-state index in [0.717, 1.165) is 17.4 Å². The van der Waals surface area contributed by atoms with Crippen molar-refractivity contribution in [1.29, 1.82) is 5.26 Å². The topological polar surface area (TPSA) is 42.2 Å². The molecule has 0 aliphatic heterocycles. The average Bonchev–Trinajstić information content (AvgIpc) is 2.55. The summed E-state index contributed by atoms with van der Waals surface area (Å²) in [6, 6.07) is 11.5. The Kier molecular flexibility index (Phi) is 5.35. The van der Waals surface area contributed by atoms with Crippen molar-refractivity contribution in [3.63, 3.8) is 0 Å². The van der Waals surface area contributed by atoms with E-state index in [9.17, 15) is 13.2 Å². The third kappa shape index (κ3) is 3.99. The Labute approximate surface area is 138 Å². The van der Waals surface area contributed by atoms with E-state index in [-0.39, 0.29) is 17.9 Å². The van der Waals surface area contributed by atoms with E-state index >= 15 is 0 Å². The molecule has 2 aromatic rings. The fourth-order valence-electron chi connectivity index (χ4n) is 2.38. The molecule has 0 saturated carbocycles. The lowest BCUT2D eigenvalue weighted by Gasteiger charge is -2.16. The highest BCUT2D eigenvalue weighted by molar-refractivity contribution is 5.50. The number of alkyl halides is 3. The molecule has 0 aromatic heterocycles. The number of methoxy groups -OCH3 is 1. The van der Waals surface area contributed by atoms with Crippen LogP contribution in [0, 0.1) is 18.3 Å². The second-order valence-corrected chi connectivity index (χ2v) is 5.17. The monoisotopic (exact) mass is 335 g/mol. The van der Waals surface area contributed by atoms with Crippen LogP contribution in [0.25, 0.3) is 0 Å². The molecule has 126 valence electrons. The maximum absolute atomic E-state index is 13.1. The maximum Gasteiger partial charge on any atom is 0.418 e. The first-order chi connectivity index (χ1) is 11.4. The van der Waals surface area contributed by atoms with E-state index in [2.05, 4.69) is 0 Å². The van der Waals surface area contributed by atoms with Gasteiger partial charge in [0, 0.05) is 12.0 Å². The van der Waals surface area contributed by atoms with Crippen LogP contribution in [-0.4, -0.2) is 13.7 Å². The van der Waals surface area contributed by atoms with Crippen LogP contribution in [0.1, 0.15) is 22.3 Å². The van der Waals surface area contributed by atoms with Gasteiger partial charge in [-0.25, -0.2) is 0 Å². The molecule has 24 heavy (non-hydrogen) atoms. The fraction of sp³-hybridized carbons (Fsp3) is 0.278. The highest BCUT2D eigenvalue weighted by Gasteiger charge is 2.36. The van der Waals surface area contributed by atoms with Crippen LogP contribution in [0.5, 0.6) is 11.5 Å². The second-order valence-electron chi connectivity index (χ2n) is 5.17. The number of nitriles is 1. The van der Waals surface area contributed by atoms with Gasteiger partial charge in [0.1, 0.15) is 11.5 Å². The number of hydrogen-bond donors (Lipinski definition) is 0. The van der Waals surface area contributed by atoms with Crippen LogP contribution in [-0.2, 0) is 12.6 Å². The van der Waals surface area contributed by atoms with Crippen molar-refractivity contribution < 1.29 is 22.6 Å². The zero-order valence-corrected chi connectivity index (χ0v) is 13.3. The Morgan fingerprint density at radius 3 is 2.29 bits per heavy atom. The van der Waals surface area contributed by atoms with Crippen molar-refractivity contribution in [3.8, 4) is 17.6 Å². The Morgan fingerprint density at radius 2 is 1.75 bits per heavy atom. The summed E-state index contributed by atoms with van der Waals surface area (Å²) in [5.74, 6) is 0.868. The van der Waals surface area contributed by atoms with Gasteiger partial charge < -0.3 is 9.47 Å². The van der Waals surface area contributed by atoms with E-state index in [1.54, 1.807) is 13.2 Å². The highest BCUT2D eigenvalue weighted by atomic mass is 19.4. The average molecular weight is 335 g/mol. The van der Waals surface area contributed by atoms with Crippen molar-refractivity contribution in [2.75, 3.05) is 13.7 Å². The van der Waals surface area contributed by atoms with Gasteiger partial charge in [0.05, 0.1) is 30.9 Å². The van der Waals surface area contributed by atoms with Gasteiger partial charge in [0.2, 0.25) is 0 Å². The van der Waals surface area contributed by atoms with Crippen LogP contribution < -0.4 is 9.47 Å². The quantitative estimate of drug-likeness (QED) is 0.807. The van der Waals surface area contributed by atoms with Crippen molar-refractivity contribution >= 4 is 0 Å². The Morgan fingerprint density at radius 1 is 1.08 bits per heavy atom. The van der Waals surface area contributed by atoms with Crippen LogP contribution in [0.15, 0.2) is 36.4 Å². The third-order valence-electron chi connectivity index (χ3n) is 3.63. The smallest absolute Gasteiger partial charge is 0.418 e. The minimum Gasteiger partial charge on any atom is -0.497 e. The van der Waals surface area contributed by atoms with Gasteiger partial charge in [-0.05, 0) is 36.8 Å². The summed E-state index contributed by atoms with van der Waals surface area (Å²) >= 11 is 0. The number of ether oxygens (including phenoxy) is 2. The molecule has 3 nitrogen and oxygen atoms in total. The van der Waals surface area contributed by atoms with Gasteiger partial charge in [0.15, 0.2) is 0 Å². The molecule has 0 aliphatic carbocycles. The zero-order chi connectivity index (χ0) is 17.7. The van der Waals surface area contributed by atoms with Crippen molar-refractivity contribution in [1.82, 2.24) is 0 Å². The minimum absolute atomic E-state index is 0.0729. The summed E-state index contributed by atoms with van der Waals surface area (Å²) in [6.45, 7) is 1.54. The summed E-state index contributed by atoms with van der Waals surface area (Å²) in [5, 5.41) is 8.86. The number of halogens is 3. The normalized spacial score (nSPS) is 11.0. The summed E-state index contributed by atoms with van der Waals surface area (Å²) < 4.78 is 49.9. The van der Waals surface area contributed by atoms with E-state index in [1.807, 2.05) is 24.3 Å². The predicted octanol–water partition coefficient (Wildman–Crippen LogP) is 4.52. The molecule has 0 bridgehead atoms. The molecule has 2 aromatic carbocycles. The lowest BCUT2D eigenvalue weighted by Crippen LogP contribution is -2.12. The number of hydrogen-bond acceptors (Lipinski definition) is 3. The summed E-state index contributed by atoms with van der Waals surface area (Å²) in [5.41, 5.74) is -0.427. The lowest BCUT2D eigenvalue weighted by molar-refractivity contribution is -0.138. The first kappa shape index (κ1) is 17.7. The van der Waals surface area contributed by atoms with E-state index in [4.69, 9.17) is 14.7 Å². The van der Waals surface area contributed by atoms with E-state index in [1.165, 1.54) is 13.0 Å². The molecule has 0 fully saturated rings. The van der Waals surface area contributed by atoms with Crippen LogP contribution in [0.2, 0.25) is 0 Å². The number of benzene rings is 2. The Bertz CT molecular complexity index is 747. The first-order valence-corrected chi connectivity index (χ1v) is 7.23. The Hall–Kier alpha value is -2.68. The molecule has 0 radical (unpaired) electrons.